The van der Waals surface area contributed by atoms with E-state index in [0.717, 1.165) is 11.3 Å². The fourth-order valence-corrected chi connectivity index (χ4v) is 2.37. The lowest BCUT2D eigenvalue weighted by atomic mass is 10.2. The van der Waals surface area contributed by atoms with E-state index in [9.17, 15) is 4.39 Å². The molecule has 0 unspecified atom stereocenters. The van der Waals surface area contributed by atoms with Crippen molar-refractivity contribution < 1.29 is 9.13 Å². The predicted molar refractivity (Wildman–Crippen MR) is 81.4 cm³/mol. The molecule has 0 aliphatic carbocycles. The van der Waals surface area contributed by atoms with E-state index in [-0.39, 0.29) is 10.0 Å². The summed E-state index contributed by atoms with van der Waals surface area (Å²) >= 11 is 11.9. The largest absolute Gasteiger partial charge is 0.494 e. The van der Waals surface area contributed by atoms with E-state index in [0.29, 0.717) is 18.8 Å². The zero-order chi connectivity index (χ0) is 14.5. The highest BCUT2D eigenvalue weighted by molar-refractivity contribution is 6.39. The minimum atomic E-state index is -0.452. The average Bonchev–Trinajstić information content (AvgIpc) is 2.39. The van der Waals surface area contributed by atoms with Crippen LogP contribution in [0.15, 0.2) is 36.4 Å². The maximum atomic E-state index is 13.1. The van der Waals surface area contributed by atoms with Crippen LogP contribution in [0.5, 0.6) is 5.75 Å². The van der Waals surface area contributed by atoms with Crippen LogP contribution in [0.25, 0.3) is 0 Å². The second kappa shape index (κ2) is 6.82. The van der Waals surface area contributed by atoms with Crippen LogP contribution < -0.4 is 10.1 Å². The van der Waals surface area contributed by atoms with Crippen molar-refractivity contribution in [3.8, 4) is 5.75 Å². The molecule has 2 rings (SSSR count). The Bertz CT molecular complexity index is 564. The van der Waals surface area contributed by atoms with Crippen molar-refractivity contribution in [1.29, 1.82) is 0 Å². The molecular formula is C15H14Cl2FNO. The Balaban J connectivity index is 2.05. The van der Waals surface area contributed by atoms with E-state index < -0.39 is 5.82 Å². The molecule has 20 heavy (non-hydrogen) atoms. The fraction of sp³-hybridized carbons (Fsp3) is 0.200. The molecule has 0 saturated heterocycles. The first-order valence-electron chi connectivity index (χ1n) is 6.20. The van der Waals surface area contributed by atoms with Crippen LogP contribution in [0.3, 0.4) is 0 Å². The topological polar surface area (TPSA) is 21.3 Å². The van der Waals surface area contributed by atoms with Gasteiger partial charge in [0.1, 0.15) is 11.6 Å². The summed E-state index contributed by atoms with van der Waals surface area (Å²) < 4.78 is 18.4. The van der Waals surface area contributed by atoms with Crippen molar-refractivity contribution in [3.63, 3.8) is 0 Å². The third-order valence-electron chi connectivity index (χ3n) is 2.71. The number of halogens is 3. The standard InChI is InChI=1S/C15H14Cl2FNO/c1-2-20-12-5-3-10(4-6-12)9-19-15-13(16)7-11(18)8-14(15)17/h3-8,19H,2,9H2,1H3. The molecule has 2 aromatic carbocycles. The number of benzene rings is 2. The molecule has 2 aromatic rings. The third-order valence-corrected chi connectivity index (χ3v) is 3.31. The van der Waals surface area contributed by atoms with E-state index in [2.05, 4.69) is 5.32 Å². The van der Waals surface area contributed by atoms with Crippen molar-refractivity contribution in [1.82, 2.24) is 0 Å². The molecule has 0 bridgehead atoms. The van der Waals surface area contributed by atoms with Gasteiger partial charge in [0.15, 0.2) is 0 Å². The first kappa shape index (κ1) is 14.9. The molecule has 2 nitrogen and oxygen atoms in total. The zero-order valence-electron chi connectivity index (χ0n) is 10.9. The molecule has 0 spiro atoms. The van der Waals surface area contributed by atoms with Crippen molar-refractivity contribution in [2.75, 3.05) is 11.9 Å². The number of nitrogens with one attached hydrogen (secondary N) is 1. The number of ether oxygens (including phenoxy) is 1. The fourth-order valence-electron chi connectivity index (χ4n) is 1.77. The molecule has 0 aliphatic heterocycles. The molecule has 0 amide bonds. The summed E-state index contributed by atoms with van der Waals surface area (Å²) in [5.41, 5.74) is 1.58. The van der Waals surface area contributed by atoms with Crippen LogP contribution in [0.2, 0.25) is 10.0 Å². The minimum Gasteiger partial charge on any atom is -0.494 e. The molecule has 5 heteroatoms. The average molecular weight is 314 g/mol. The van der Waals surface area contributed by atoms with E-state index in [1.54, 1.807) is 0 Å². The summed E-state index contributed by atoms with van der Waals surface area (Å²) in [7, 11) is 0. The second-order valence-corrected chi connectivity index (χ2v) is 4.99. The Morgan fingerprint density at radius 2 is 1.70 bits per heavy atom. The summed E-state index contributed by atoms with van der Waals surface area (Å²) in [6.45, 7) is 3.11. The Labute approximate surface area is 127 Å². The first-order chi connectivity index (χ1) is 9.60. The van der Waals surface area contributed by atoms with Gasteiger partial charge in [0.05, 0.1) is 22.3 Å². The molecule has 106 valence electrons. The molecular weight excluding hydrogens is 300 g/mol. The normalized spacial score (nSPS) is 10.4. The van der Waals surface area contributed by atoms with Crippen molar-refractivity contribution in [2.45, 2.75) is 13.5 Å². The Morgan fingerprint density at radius 1 is 1.10 bits per heavy atom. The van der Waals surface area contributed by atoms with E-state index in [1.165, 1.54) is 12.1 Å². The van der Waals surface area contributed by atoms with Gasteiger partial charge in [-0.15, -0.1) is 0 Å². The molecule has 0 aromatic heterocycles. The van der Waals surface area contributed by atoms with Crippen molar-refractivity contribution >= 4 is 28.9 Å². The Hall–Kier alpha value is -1.45. The highest BCUT2D eigenvalue weighted by atomic mass is 35.5. The van der Waals surface area contributed by atoms with Crippen molar-refractivity contribution in [3.05, 3.63) is 57.8 Å². The summed E-state index contributed by atoms with van der Waals surface area (Å²) in [6.07, 6.45) is 0. The molecule has 0 heterocycles. The van der Waals surface area contributed by atoms with Crippen molar-refractivity contribution in [2.24, 2.45) is 0 Å². The molecule has 0 saturated carbocycles. The van der Waals surface area contributed by atoms with Crippen LogP contribution in [0, 0.1) is 5.82 Å². The van der Waals surface area contributed by atoms with E-state index >= 15 is 0 Å². The van der Waals surface area contributed by atoms with Crippen LogP contribution in [0.4, 0.5) is 10.1 Å². The highest BCUT2D eigenvalue weighted by Gasteiger charge is 2.08. The van der Waals surface area contributed by atoms with E-state index in [1.807, 2.05) is 31.2 Å². The highest BCUT2D eigenvalue weighted by Crippen LogP contribution is 2.31. The van der Waals surface area contributed by atoms with Gasteiger partial charge in [-0.05, 0) is 36.8 Å². The number of anilines is 1. The van der Waals surface area contributed by atoms with Crippen LogP contribution in [0.1, 0.15) is 12.5 Å². The predicted octanol–water partition coefficient (Wildman–Crippen LogP) is 5.14. The van der Waals surface area contributed by atoms with Crippen LogP contribution in [-0.4, -0.2) is 6.61 Å². The van der Waals surface area contributed by atoms with Crippen LogP contribution >= 0.6 is 23.2 Å². The van der Waals surface area contributed by atoms with Gasteiger partial charge >= 0.3 is 0 Å². The van der Waals surface area contributed by atoms with Gasteiger partial charge in [0.2, 0.25) is 0 Å². The molecule has 0 atom stereocenters. The van der Waals surface area contributed by atoms with Gasteiger partial charge in [0, 0.05) is 6.54 Å². The zero-order valence-corrected chi connectivity index (χ0v) is 12.4. The summed E-state index contributed by atoms with van der Waals surface area (Å²) in [5.74, 6) is 0.376. The number of rotatable bonds is 5. The maximum Gasteiger partial charge on any atom is 0.126 e. The SMILES string of the molecule is CCOc1ccc(CNc2c(Cl)cc(F)cc2Cl)cc1. The number of hydrogen-bond acceptors (Lipinski definition) is 2. The summed E-state index contributed by atoms with van der Waals surface area (Å²) in [6, 6.07) is 10.2. The second-order valence-electron chi connectivity index (χ2n) is 4.17. The molecule has 0 radical (unpaired) electrons. The van der Waals surface area contributed by atoms with Gasteiger partial charge < -0.3 is 10.1 Å². The molecule has 0 fully saturated rings. The van der Waals surface area contributed by atoms with Crippen LogP contribution in [-0.2, 0) is 6.54 Å². The lowest BCUT2D eigenvalue weighted by Gasteiger charge is -2.11. The van der Waals surface area contributed by atoms with Gasteiger partial charge in [-0.2, -0.15) is 0 Å². The lowest BCUT2D eigenvalue weighted by Crippen LogP contribution is -2.01. The Kier molecular flexibility index (Phi) is 5.10. The smallest absolute Gasteiger partial charge is 0.126 e. The number of hydrogen-bond donors (Lipinski definition) is 1. The third kappa shape index (κ3) is 3.78. The lowest BCUT2D eigenvalue weighted by molar-refractivity contribution is 0.340. The molecule has 1 N–H and O–H groups in total. The van der Waals surface area contributed by atoms with E-state index in [4.69, 9.17) is 27.9 Å². The van der Waals surface area contributed by atoms with Gasteiger partial charge in [-0.1, -0.05) is 35.3 Å². The quantitative estimate of drug-likeness (QED) is 0.824. The van der Waals surface area contributed by atoms with Gasteiger partial charge in [-0.25, -0.2) is 4.39 Å². The minimum absolute atomic E-state index is 0.265. The van der Waals surface area contributed by atoms with Gasteiger partial charge in [-0.3, -0.25) is 0 Å². The monoisotopic (exact) mass is 313 g/mol. The molecule has 0 aliphatic rings. The maximum absolute atomic E-state index is 13.1. The summed E-state index contributed by atoms with van der Waals surface area (Å²) in [4.78, 5) is 0. The first-order valence-corrected chi connectivity index (χ1v) is 6.96. The van der Waals surface area contributed by atoms with Gasteiger partial charge in [0.25, 0.3) is 0 Å². The summed E-state index contributed by atoms with van der Waals surface area (Å²) in [5, 5.41) is 3.63. The Morgan fingerprint density at radius 3 is 2.25 bits per heavy atom.